The maximum atomic E-state index is 11.7. The van der Waals surface area contributed by atoms with E-state index >= 15 is 0 Å². The molecule has 0 spiro atoms. The number of hydroxylamine groups is 1. The lowest BCUT2D eigenvalue weighted by Gasteiger charge is -2.00. The van der Waals surface area contributed by atoms with Gasteiger partial charge in [0.15, 0.2) is 0 Å². The third-order valence-corrected chi connectivity index (χ3v) is 1.16. The number of nitrogens with one attached hydrogen (secondary N) is 1. The van der Waals surface area contributed by atoms with E-state index in [4.69, 9.17) is 0 Å². The van der Waals surface area contributed by atoms with Gasteiger partial charge in [-0.15, -0.1) is 4.28 Å². The molecule has 0 fully saturated rings. The Kier molecular flexibility index (Phi) is 4.88. The van der Waals surface area contributed by atoms with Crippen molar-refractivity contribution in [2.75, 3.05) is 0 Å². The van der Waals surface area contributed by atoms with E-state index in [-0.39, 0.29) is 5.76 Å². The summed E-state index contributed by atoms with van der Waals surface area (Å²) in [5.41, 5.74) is 1.26. The molecule has 1 amide bonds. The van der Waals surface area contributed by atoms with Crippen LogP contribution in [0, 0.1) is 0 Å². The Hall–Kier alpha value is -1.48. The van der Waals surface area contributed by atoms with Crippen LogP contribution in [-0.2, 0) is 29.1 Å². The molecule has 0 radical (unpaired) electrons. The molecule has 0 saturated carbocycles. The average Bonchev–Trinajstić information content (AvgIpc) is 1.97. The molecule has 1 N–H and O–H groups in total. The van der Waals surface area contributed by atoms with E-state index in [1.165, 1.54) is 12.4 Å². The first-order chi connectivity index (χ1) is 6.70. The fourth-order valence-corrected chi connectivity index (χ4v) is 0.743. The quantitative estimate of drug-likeness (QED) is 0.239. The highest BCUT2D eigenvalue weighted by molar-refractivity contribution is 7.81. The minimum absolute atomic E-state index is 0.0974. The van der Waals surface area contributed by atoms with Crippen LogP contribution in [0.25, 0.3) is 0 Å². The summed E-state index contributed by atoms with van der Waals surface area (Å²) in [4.78, 5) is 21.1. The van der Waals surface area contributed by atoms with Crippen molar-refractivity contribution in [2.45, 2.75) is 13.8 Å². The third kappa shape index (κ3) is 8.84. The number of allylic oxidation sites excluding steroid dienone is 1. The molecule has 0 heterocycles. The topological polar surface area (TPSA) is 98.8 Å². The van der Waals surface area contributed by atoms with Crippen molar-refractivity contribution in [1.82, 2.24) is 5.48 Å². The molecule has 86 valence electrons. The first kappa shape index (κ1) is 13.5. The Morgan fingerprint density at radius 3 is 2.27 bits per heavy atom. The Labute approximate surface area is 85.2 Å². The molecule has 0 aromatic carbocycles. The van der Waals surface area contributed by atoms with Gasteiger partial charge in [0.2, 0.25) is 0 Å². The number of rotatable bonds is 4. The van der Waals surface area contributed by atoms with Crippen molar-refractivity contribution in [3.63, 3.8) is 0 Å². The second kappa shape index (κ2) is 5.41. The molecule has 15 heavy (non-hydrogen) atoms. The summed E-state index contributed by atoms with van der Waals surface area (Å²) >= 11 is 0. The highest BCUT2D eigenvalue weighted by atomic mass is 32.3. The zero-order chi connectivity index (χ0) is 12.1. The van der Waals surface area contributed by atoms with E-state index < -0.39 is 22.4 Å². The Morgan fingerprint density at radius 1 is 1.33 bits per heavy atom. The average molecular weight is 241 g/mol. The van der Waals surface area contributed by atoms with Crippen molar-refractivity contribution in [2.24, 2.45) is 0 Å². The minimum Gasteiger partial charge on any atom is -0.431 e. The number of carbonyl (C=O) groups excluding carboxylic acids is 2. The molecule has 0 saturated heterocycles. The summed E-state index contributed by atoms with van der Waals surface area (Å²) in [5.74, 6) is -1.84. The van der Waals surface area contributed by atoms with Crippen LogP contribution in [0.1, 0.15) is 13.8 Å². The fraction of sp³-hybridized carbons (Fsp3) is 0.333. The molecule has 0 aromatic rings. The van der Waals surface area contributed by atoms with Gasteiger partial charge in [0.25, 0.3) is 5.91 Å². The fourth-order valence-electron chi connectivity index (χ4n) is 0.561. The van der Waals surface area contributed by atoms with Crippen LogP contribution in [-0.4, -0.2) is 20.3 Å². The third-order valence-electron chi connectivity index (χ3n) is 0.881. The molecule has 0 bridgehead atoms. The van der Waals surface area contributed by atoms with E-state index in [9.17, 15) is 21.9 Å². The zero-order valence-electron chi connectivity index (χ0n) is 7.81. The van der Waals surface area contributed by atoms with Gasteiger partial charge < -0.3 is 4.74 Å². The van der Waals surface area contributed by atoms with Gasteiger partial charge in [0, 0.05) is 13.0 Å². The summed E-state index contributed by atoms with van der Waals surface area (Å²) < 4.78 is 39.0. The van der Waals surface area contributed by atoms with Crippen LogP contribution in [0.5, 0.6) is 0 Å². The van der Waals surface area contributed by atoms with Gasteiger partial charge in [0.05, 0.1) is 0 Å². The molecule has 0 atom stereocenters. The Morgan fingerprint density at radius 2 is 1.87 bits per heavy atom. The first-order valence-electron chi connectivity index (χ1n) is 3.50. The molecule has 0 unspecified atom stereocenters. The lowest BCUT2D eigenvalue weighted by Crippen LogP contribution is -2.24. The van der Waals surface area contributed by atoms with Gasteiger partial charge in [-0.25, -0.2) is 5.48 Å². The normalized spacial score (nSPS) is 12.1. The van der Waals surface area contributed by atoms with Crippen molar-refractivity contribution in [3.8, 4) is 0 Å². The first-order valence-corrected chi connectivity index (χ1v) is 4.81. The molecule has 0 aromatic heterocycles. The SMILES string of the molecule is CC(=O)O/C(C)=C\C(=O)NOS(=O)(=O)F. The largest absolute Gasteiger partial charge is 0.458 e. The van der Waals surface area contributed by atoms with Crippen LogP contribution in [0.3, 0.4) is 0 Å². The molecule has 9 heteroatoms. The van der Waals surface area contributed by atoms with Crippen molar-refractivity contribution in [3.05, 3.63) is 11.8 Å². The molecule has 0 rings (SSSR count). The Balaban J connectivity index is 4.19. The lowest BCUT2D eigenvalue weighted by atomic mass is 10.4. The van der Waals surface area contributed by atoms with E-state index in [0.717, 1.165) is 6.92 Å². The van der Waals surface area contributed by atoms with E-state index in [0.29, 0.717) is 6.08 Å². The summed E-state index contributed by atoms with van der Waals surface area (Å²) in [6, 6.07) is 0. The van der Waals surface area contributed by atoms with Crippen LogP contribution in [0.4, 0.5) is 3.89 Å². The summed E-state index contributed by atoms with van der Waals surface area (Å²) in [7, 11) is -5.25. The van der Waals surface area contributed by atoms with Gasteiger partial charge in [-0.05, 0) is 6.92 Å². The van der Waals surface area contributed by atoms with Gasteiger partial charge in [-0.3, -0.25) is 9.59 Å². The molecule has 0 aliphatic heterocycles. The molecule has 0 aliphatic rings. The zero-order valence-corrected chi connectivity index (χ0v) is 8.63. The van der Waals surface area contributed by atoms with Crippen LogP contribution >= 0.6 is 0 Å². The van der Waals surface area contributed by atoms with Gasteiger partial charge in [0.1, 0.15) is 5.76 Å². The summed E-state index contributed by atoms with van der Waals surface area (Å²) in [5, 5.41) is 0. The highest BCUT2D eigenvalue weighted by Crippen LogP contribution is 1.96. The van der Waals surface area contributed by atoms with Gasteiger partial charge in [-0.1, -0.05) is 3.89 Å². The number of halogens is 1. The van der Waals surface area contributed by atoms with Gasteiger partial charge in [-0.2, -0.15) is 8.42 Å². The van der Waals surface area contributed by atoms with E-state index in [2.05, 4.69) is 9.02 Å². The maximum absolute atomic E-state index is 11.7. The van der Waals surface area contributed by atoms with Crippen LogP contribution in [0.2, 0.25) is 0 Å². The molecule has 7 nitrogen and oxygen atoms in total. The molecular formula is C6H8FNO6S. The van der Waals surface area contributed by atoms with Crippen molar-refractivity contribution >= 4 is 22.4 Å². The lowest BCUT2D eigenvalue weighted by molar-refractivity contribution is -0.136. The Bertz CT molecular complexity index is 386. The monoisotopic (exact) mass is 241 g/mol. The second-order valence-corrected chi connectivity index (χ2v) is 3.24. The number of esters is 1. The van der Waals surface area contributed by atoms with Gasteiger partial charge >= 0.3 is 16.5 Å². The van der Waals surface area contributed by atoms with Crippen molar-refractivity contribution < 1.29 is 30.9 Å². The van der Waals surface area contributed by atoms with Crippen LogP contribution < -0.4 is 5.48 Å². The molecular weight excluding hydrogens is 233 g/mol. The smallest absolute Gasteiger partial charge is 0.431 e. The predicted octanol–water partition coefficient (Wildman–Crippen LogP) is -0.285. The minimum atomic E-state index is -5.25. The van der Waals surface area contributed by atoms with Crippen molar-refractivity contribution in [1.29, 1.82) is 0 Å². The summed E-state index contributed by atoms with van der Waals surface area (Å²) in [6.45, 7) is 2.38. The number of ether oxygens (including phenoxy) is 1. The number of carbonyl (C=O) groups is 2. The highest BCUT2D eigenvalue weighted by Gasteiger charge is 2.09. The van der Waals surface area contributed by atoms with E-state index in [1.807, 2.05) is 0 Å². The predicted molar refractivity (Wildman–Crippen MR) is 44.8 cm³/mol. The van der Waals surface area contributed by atoms with Crippen LogP contribution in [0.15, 0.2) is 11.8 Å². The number of hydrogen-bond donors (Lipinski definition) is 1. The standard InChI is InChI=1S/C6H8FNO6S/c1-4(13-5(2)9)3-6(10)8-14-15(7,11)12/h3H,1-2H3,(H,8,10)/b4-3-. The van der Waals surface area contributed by atoms with E-state index in [1.54, 1.807) is 0 Å². The second-order valence-electron chi connectivity index (χ2n) is 2.29. The number of hydrogen-bond acceptors (Lipinski definition) is 6. The maximum Gasteiger partial charge on any atom is 0.458 e. The summed E-state index contributed by atoms with van der Waals surface area (Å²) in [6.07, 6.45) is 0.715. The number of amides is 1. The molecule has 0 aliphatic carbocycles.